The van der Waals surface area contributed by atoms with Crippen LogP contribution in [-0.4, -0.2) is 43.5 Å². The molecule has 5 nitrogen and oxygen atoms in total. The molecule has 0 aromatic rings. The highest BCUT2D eigenvalue weighted by Gasteiger charge is 2.35. The van der Waals surface area contributed by atoms with Crippen molar-refractivity contribution >= 4 is 15.9 Å². The van der Waals surface area contributed by atoms with E-state index >= 15 is 0 Å². The molecule has 0 aromatic carbocycles. The Morgan fingerprint density at radius 2 is 1.72 bits per heavy atom. The molecule has 2 fully saturated rings. The first-order chi connectivity index (χ1) is 8.48. The van der Waals surface area contributed by atoms with E-state index in [9.17, 15) is 13.2 Å². The maximum atomic E-state index is 12.2. The molecule has 1 aliphatic carbocycles. The monoisotopic (exact) mass is 274 g/mol. The van der Waals surface area contributed by atoms with Crippen LogP contribution >= 0.6 is 0 Å². The fourth-order valence-corrected chi connectivity index (χ4v) is 4.06. The molecule has 1 N–H and O–H groups in total. The number of hydrogen-bond acceptors (Lipinski definition) is 3. The van der Waals surface area contributed by atoms with Crippen molar-refractivity contribution in [3.8, 4) is 0 Å². The smallest absolute Gasteiger partial charge is 0.238 e. The van der Waals surface area contributed by atoms with E-state index in [0.717, 1.165) is 38.5 Å². The minimum absolute atomic E-state index is 0.105. The zero-order valence-corrected chi connectivity index (χ0v) is 11.7. The van der Waals surface area contributed by atoms with Gasteiger partial charge in [0.05, 0.1) is 6.26 Å². The van der Waals surface area contributed by atoms with Crippen molar-refractivity contribution in [1.82, 2.24) is 9.62 Å². The number of rotatable bonds is 3. The van der Waals surface area contributed by atoms with Crippen LogP contribution in [0.3, 0.4) is 0 Å². The van der Waals surface area contributed by atoms with Crippen molar-refractivity contribution in [3.63, 3.8) is 0 Å². The lowest BCUT2D eigenvalue weighted by Gasteiger charge is -2.33. The minimum atomic E-state index is -3.28. The minimum Gasteiger partial charge on any atom is -0.352 e. The van der Waals surface area contributed by atoms with Crippen LogP contribution in [0.4, 0.5) is 0 Å². The molecule has 18 heavy (non-hydrogen) atoms. The lowest BCUT2D eigenvalue weighted by atomic mass is 10.0. The van der Waals surface area contributed by atoms with Crippen LogP contribution in [-0.2, 0) is 14.8 Å². The van der Waals surface area contributed by atoms with E-state index in [4.69, 9.17) is 0 Å². The van der Waals surface area contributed by atoms with Gasteiger partial charge in [-0.05, 0) is 25.7 Å². The van der Waals surface area contributed by atoms with Gasteiger partial charge in [-0.3, -0.25) is 4.79 Å². The van der Waals surface area contributed by atoms with E-state index in [1.54, 1.807) is 0 Å². The van der Waals surface area contributed by atoms with Gasteiger partial charge in [0.25, 0.3) is 0 Å². The molecule has 104 valence electrons. The van der Waals surface area contributed by atoms with E-state index in [1.807, 2.05) is 0 Å². The lowest BCUT2D eigenvalue weighted by molar-refractivity contribution is -0.126. The molecular formula is C12H22N2O3S. The Labute approximate surface area is 109 Å². The van der Waals surface area contributed by atoms with Gasteiger partial charge in [0, 0.05) is 12.6 Å². The molecule has 1 unspecified atom stereocenters. The first kappa shape index (κ1) is 13.8. The number of nitrogens with one attached hydrogen (secondary N) is 1. The maximum absolute atomic E-state index is 12.2. The quantitative estimate of drug-likeness (QED) is 0.830. The molecule has 0 spiro atoms. The highest BCUT2D eigenvalue weighted by atomic mass is 32.2. The summed E-state index contributed by atoms with van der Waals surface area (Å²) in [6, 6.07) is -0.241. The Hall–Kier alpha value is -0.620. The Morgan fingerprint density at radius 1 is 1.11 bits per heavy atom. The van der Waals surface area contributed by atoms with Crippen LogP contribution in [0.2, 0.25) is 0 Å². The van der Waals surface area contributed by atoms with Crippen molar-refractivity contribution in [2.75, 3.05) is 12.8 Å². The van der Waals surface area contributed by atoms with E-state index in [2.05, 4.69) is 5.32 Å². The lowest BCUT2D eigenvalue weighted by Crippen LogP contribution is -2.53. The van der Waals surface area contributed by atoms with E-state index in [-0.39, 0.29) is 11.9 Å². The van der Waals surface area contributed by atoms with Gasteiger partial charge in [0.1, 0.15) is 6.04 Å². The van der Waals surface area contributed by atoms with E-state index < -0.39 is 16.1 Å². The summed E-state index contributed by atoms with van der Waals surface area (Å²) in [6.07, 6.45) is 7.97. The van der Waals surface area contributed by atoms with Crippen LogP contribution < -0.4 is 5.32 Å². The number of hydrogen-bond donors (Lipinski definition) is 1. The van der Waals surface area contributed by atoms with Crippen LogP contribution in [0.25, 0.3) is 0 Å². The van der Waals surface area contributed by atoms with Gasteiger partial charge in [-0.1, -0.05) is 19.3 Å². The number of piperidine rings is 1. The normalized spacial score (nSPS) is 27.3. The number of carbonyl (C=O) groups excluding carboxylic acids is 1. The summed E-state index contributed by atoms with van der Waals surface area (Å²) < 4.78 is 24.7. The number of amides is 1. The van der Waals surface area contributed by atoms with Gasteiger partial charge in [-0.2, -0.15) is 4.31 Å². The average molecular weight is 274 g/mol. The second-order valence-electron chi connectivity index (χ2n) is 5.38. The number of sulfonamides is 1. The molecule has 1 saturated heterocycles. The zero-order valence-electron chi connectivity index (χ0n) is 10.9. The Balaban J connectivity index is 2.01. The maximum Gasteiger partial charge on any atom is 0.238 e. The van der Waals surface area contributed by atoms with Gasteiger partial charge < -0.3 is 5.32 Å². The number of carbonyl (C=O) groups is 1. The van der Waals surface area contributed by atoms with Gasteiger partial charge in [0.2, 0.25) is 15.9 Å². The zero-order chi connectivity index (χ0) is 13.2. The summed E-state index contributed by atoms with van der Waals surface area (Å²) >= 11 is 0. The fraction of sp³-hybridized carbons (Fsp3) is 0.917. The molecular weight excluding hydrogens is 252 g/mol. The first-order valence-electron chi connectivity index (χ1n) is 6.75. The Bertz CT molecular complexity index is 402. The van der Waals surface area contributed by atoms with Crippen molar-refractivity contribution in [2.45, 2.75) is 57.0 Å². The van der Waals surface area contributed by atoms with Crippen molar-refractivity contribution < 1.29 is 13.2 Å². The van der Waals surface area contributed by atoms with E-state index in [1.165, 1.54) is 10.6 Å². The molecule has 0 aromatic heterocycles. The Morgan fingerprint density at radius 3 is 2.33 bits per heavy atom. The molecule has 2 aliphatic rings. The predicted octanol–water partition coefficient (Wildman–Crippen LogP) is 0.859. The summed E-state index contributed by atoms with van der Waals surface area (Å²) in [5, 5.41) is 3.01. The van der Waals surface area contributed by atoms with Crippen molar-refractivity contribution in [2.24, 2.45) is 0 Å². The second kappa shape index (κ2) is 5.57. The summed E-state index contributed by atoms with van der Waals surface area (Å²) in [4.78, 5) is 12.2. The third-order valence-corrected chi connectivity index (χ3v) is 5.17. The highest BCUT2D eigenvalue weighted by Crippen LogP contribution is 2.22. The summed E-state index contributed by atoms with van der Waals surface area (Å²) in [5.41, 5.74) is 0. The predicted molar refractivity (Wildman–Crippen MR) is 69.6 cm³/mol. The third kappa shape index (κ3) is 3.23. The molecule has 0 bridgehead atoms. The third-order valence-electron chi connectivity index (χ3n) is 3.88. The molecule has 0 radical (unpaired) electrons. The van der Waals surface area contributed by atoms with Gasteiger partial charge in [-0.15, -0.1) is 0 Å². The average Bonchev–Trinajstić information content (AvgIpc) is 2.80. The molecule has 1 atom stereocenters. The summed E-state index contributed by atoms with van der Waals surface area (Å²) in [5.74, 6) is -0.105. The molecule has 6 heteroatoms. The molecule has 1 aliphatic heterocycles. The van der Waals surface area contributed by atoms with Gasteiger partial charge in [-0.25, -0.2) is 8.42 Å². The van der Waals surface area contributed by atoms with Crippen LogP contribution in [0, 0.1) is 0 Å². The standard InChI is InChI=1S/C12H22N2O3S/c1-18(16,17)14-9-5-4-8-11(14)12(15)13-10-6-2-3-7-10/h10-11H,2-9H2,1H3,(H,13,15). The fourth-order valence-electron chi connectivity index (χ4n) is 2.93. The SMILES string of the molecule is CS(=O)(=O)N1CCCCC1C(=O)NC1CCCC1. The van der Waals surface area contributed by atoms with Gasteiger partial charge in [0.15, 0.2) is 0 Å². The topological polar surface area (TPSA) is 66.5 Å². The summed E-state index contributed by atoms with van der Waals surface area (Å²) in [6.45, 7) is 0.474. The second-order valence-corrected chi connectivity index (χ2v) is 7.31. The molecule has 1 saturated carbocycles. The Kier molecular flexibility index (Phi) is 4.27. The highest BCUT2D eigenvalue weighted by molar-refractivity contribution is 7.88. The van der Waals surface area contributed by atoms with Crippen molar-refractivity contribution in [1.29, 1.82) is 0 Å². The van der Waals surface area contributed by atoms with Crippen molar-refractivity contribution in [3.05, 3.63) is 0 Å². The first-order valence-corrected chi connectivity index (χ1v) is 8.60. The van der Waals surface area contributed by atoms with Crippen LogP contribution in [0.1, 0.15) is 44.9 Å². The molecule has 2 rings (SSSR count). The number of nitrogens with zero attached hydrogens (tertiary/aromatic N) is 1. The van der Waals surface area contributed by atoms with Gasteiger partial charge >= 0.3 is 0 Å². The molecule has 1 heterocycles. The van der Waals surface area contributed by atoms with Crippen LogP contribution in [0.15, 0.2) is 0 Å². The molecule has 1 amide bonds. The summed E-state index contributed by atoms with van der Waals surface area (Å²) in [7, 11) is -3.28. The van der Waals surface area contributed by atoms with Crippen LogP contribution in [0.5, 0.6) is 0 Å². The van der Waals surface area contributed by atoms with E-state index in [0.29, 0.717) is 13.0 Å². The largest absolute Gasteiger partial charge is 0.352 e.